The molecule has 3 aromatic carbocycles. The third kappa shape index (κ3) is 5.96. The van der Waals surface area contributed by atoms with E-state index in [-0.39, 0.29) is 17.4 Å². The number of carbonyl (C=O) groups is 2. The number of aromatic nitrogens is 2. The maximum atomic E-state index is 13.4. The summed E-state index contributed by atoms with van der Waals surface area (Å²) in [5, 5.41) is 6.09. The summed E-state index contributed by atoms with van der Waals surface area (Å²) in [6, 6.07) is 22.1. The van der Waals surface area contributed by atoms with E-state index < -0.39 is 5.25 Å². The second-order valence-corrected chi connectivity index (χ2v) is 9.60. The molecular formula is C27H26N4O3S. The average Bonchev–Trinajstić information content (AvgIpc) is 2.83. The predicted octanol–water partition coefficient (Wildman–Crippen LogP) is 4.83. The van der Waals surface area contributed by atoms with Crippen LogP contribution in [-0.2, 0) is 16.1 Å². The van der Waals surface area contributed by atoms with Gasteiger partial charge in [0.15, 0.2) is 5.16 Å². The molecule has 1 aromatic heterocycles. The van der Waals surface area contributed by atoms with Crippen LogP contribution in [0.2, 0.25) is 0 Å². The number of hydrogen-bond acceptors (Lipinski definition) is 5. The minimum Gasteiger partial charge on any atom is -0.326 e. The number of amides is 2. The molecule has 0 aliphatic rings. The van der Waals surface area contributed by atoms with Crippen molar-refractivity contribution in [2.24, 2.45) is 0 Å². The zero-order valence-corrected chi connectivity index (χ0v) is 20.6. The molecule has 1 heterocycles. The van der Waals surface area contributed by atoms with Gasteiger partial charge in [0.2, 0.25) is 11.8 Å². The molecule has 0 bridgehead atoms. The smallest absolute Gasteiger partial charge is 0.262 e. The normalized spacial score (nSPS) is 11.7. The molecule has 0 spiro atoms. The molecule has 0 unspecified atom stereocenters. The van der Waals surface area contributed by atoms with Crippen molar-refractivity contribution in [2.45, 2.75) is 37.7 Å². The van der Waals surface area contributed by atoms with Crippen LogP contribution < -0.4 is 16.2 Å². The fourth-order valence-electron chi connectivity index (χ4n) is 3.55. The summed E-state index contributed by atoms with van der Waals surface area (Å²) >= 11 is 1.24. The molecule has 7 nitrogen and oxygen atoms in total. The fraction of sp³-hybridized carbons (Fsp3) is 0.185. The molecule has 35 heavy (non-hydrogen) atoms. The van der Waals surface area contributed by atoms with E-state index >= 15 is 0 Å². The first kappa shape index (κ1) is 24.2. The lowest BCUT2D eigenvalue weighted by atomic mass is 10.1. The van der Waals surface area contributed by atoms with Crippen LogP contribution >= 0.6 is 11.8 Å². The topological polar surface area (TPSA) is 93.1 Å². The van der Waals surface area contributed by atoms with E-state index in [1.165, 1.54) is 18.7 Å². The van der Waals surface area contributed by atoms with Crippen molar-refractivity contribution in [2.75, 3.05) is 10.6 Å². The molecule has 0 saturated heterocycles. The van der Waals surface area contributed by atoms with Crippen LogP contribution in [0.5, 0.6) is 0 Å². The highest BCUT2D eigenvalue weighted by Gasteiger charge is 2.20. The highest BCUT2D eigenvalue weighted by Crippen LogP contribution is 2.25. The van der Waals surface area contributed by atoms with Gasteiger partial charge < -0.3 is 10.6 Å². The molecule has 4 rings (SSSR count). The summed E-state index contributed by atoms with van der Waals surface area (Å²) in [7, 11) is 0. The quantitative estimate of drug-likeness (QED) is 0.288. The molecule has 2 amide bonds. The average molecular weight is 487 g/mol. The number of hydrogen-bond donors (Lipinski definition) is 2. The van der Waals surface area contributed by atoms with Gasteiger partial charge in [0, 0.05) is 18.3 Å². The van der Waals surface area contributed by atoms with Crippen molar-refractivity contribution in [1.29, 1.82) is 0 Å². The Morgan fingerprint density at radius 1 is 0.943 bits per heavy atom. The van der Waals surface area contributed by atoms with E-state index in [0.717, 1.165) is 11.1 Å². The van der Waals surface area contributed by atoms with Crippen LogP contribution in [0.15, 0.2) is 82.7 Å². The number of benzene rings is 3. The van der Waals surface area contributed by atoms with Crippen molar-refractivity contribution < 1.29 is 9.59 Å². The monoisotopic (exact) mass is 486 g/mol. The molecule has 178 valence electrons. The van der Waals surface area contributed by atoms with Gasteiger partial charge in [-0.3, -0.25) is 19.0 Å². The molecule has 0 aliphatic heterocycles. The molecular weight excluding hydrogens is 460 g/mol. The van der Waals surface area contributed by atoms with Crippen LogP contribution in [0.1, 0.15) is 25.0 Å². The number of aryl methyl sites for hydroxylation is 1. The summed E-state index contributed by atoms with van der Waals surface area (Å²) in [4.78, 5) is 42.2. The first-order valence-corrected chi connectivity index (χ1v) is 12.1. The Balaban J connectivity index is 1.58. The number of nitrogens with one attached hydrogen (secondary N) is 2. The highest BCUT2D eigenvalue weighted by molar-refractivity contribution is 8.00. The number of anilines is 2. The standard InChI is InChI=1S/C27H26N4O3S/c1-17-8-10-20(11-9-17)16-31-26(34)23-6-4-5-7-24(23)30-27(31)35-18(2)25(33)29-22-14-12-21(13-15-22)28-19(3)32/h4-15,18H,16H2,1-3H3,(H,28,32)(H,29,33)/t18-/m0/s1. The van der Waals surface area contributed by atoms with E-state index in [0.29, 0.717) is 34.0 Å². The van der Waals surface area contributed by atoms with E-state index in [9.17, 15) is 14.4 Å². The number of fused-ring (bicyclic) bond motifs is 1. The summed E-state index contributed by atoms with van der Waals surface area (Å²) in [6.07, 6.45) is 0. The van der Waals surface area contributed by atoms with Crippen LogP contribution in [0, 0.1) is 6.92 Å². The Morgan fingerprint density at radius 2 is 1.57 bits per heavy atom. The van der Waals surface area contributed by atoms with Gasteiger partial charge in [-0.2, -0.15) is 0 Å². The van der Waals surface area contributed by atoms with Crippen molar-refractivity contribution >= 4 is 45.9 Å². The Kier molecular flexibility index (Phi) is 7.31. The summed E-state index contributed by atoms with van der Waals surface area (Å²) in [5.41, 5.74) is 3.84. The molecule has 1 atom stereocenters. The highest BCUT2D eigenvalue weighted by atomic mass is 32.2. The van der Waals surface area contributed by atoms with Crippen LogP contribution in [0.4, 0.5) is 11.4 Å². The van der Waals surface area contributed by atoms with E-state index in [1.54, 1.807) is 47.9 Å². The summed E-state index contributed by atoms with van der Waals surface area (Å²) in [5.74, 6) is -0.377. The zero-order valence-electron chi connectivity index (χ0n) is 19.7. The third-order valence-electron chi connectivity index (χ3n) is 5.41. The summed E-state index contributed by atoms with van der Waals surface area (Å²) in [6.45, 7) is 5.60. The van der Waals surface area contributed by atoms with Crippen molar-refractivity contribution in [3.8, 4) is 0 Å². The van der Waals surface area contributed by atoms with Gasteiger partial charge in [-0.15, -0.1) is 0 Å². The molecule has 4 aromatic rings. The Morgan fingerprint density at radius 3 is 2.23 bits per heavy atom. The first-order valence-electron chi connectivity index (χ1n) is 11.2. The lowest BCUT2D eigenvalue weighted by Gasteiger charge is -2.17. The second-order valence-electron chi connectivity index (χ2n) is 8.30. The maximum absolute atomic E-state index is 13.4. The SMILES string of the molecule is CC(=O)Nc1ccc(NC(=O)[C@H](C)Sc2nc3ccccc3c(=O)n2Cc2ccc(C)cc2)cc1. The van der Waals surface area contributed by atoms with Crippen molar-refractivity contribution in [1.82, 2.24) is 9.55 Å². The zero-order chi connectivity index (χ0) is 24.9. The van der Waals surface area contributed by atoms with Gasteiger partial charge in [-0.05, 0) is 55.8 Å². The van der Waals surface area contributed by atoms with E-state index in [1.807, 2.05) is 43.3 Å². The Bertz CT molecular complexity index is 1430. The van der Waals surface area contributed by atoms with Crippen LogP contribution in [0.25, 0.3) is 10.9 Å². The van der Waals surface area contributed by atoms with Gasteiger partial charge in [-0.1, -0.05) is 53.7 Å². The predicted molar refractivity (Wildman–Crippen MR) is 141 cm³/mol. The fourth-order valence-corrected chi connectivity index (χ4v) is 4.46. The molecule has 0 fully saturated rings. The minimum atomic E-state index is -0.512. The van der Waals surface area contributed by atoms with E-state index in [4.69, 9.17) is 4.98 Å². The number of para-hydroxylation sites is 1. The maximum Gasteiger partial charge on any atom is 0.262 e. The summed E-state index contributed by atoms with van der Waals surface area (Å²) < 4.78 is 1.63. The van der Waals surface area contributed by atoms with Crippen LogP contribution in [-0.4, -0.2) is 26.6 Å². The Labute approximate surface area is 207 Å². The number of rotatable bonds is 7. The van der Waals surface area contributed by atoms with Crippen molar-refractivity contribution in [3.63, 3.8) is 0 Å². The number of carbonyl (C=O) groups excluding carboxylic acids is 2. The molecule has 0 aliphatic carbocycles. The van der Waals surface area contributed by atoms with Gasteiger partial charge in [0.25, 0.3) is 5.56 Å². The van der Waals surface area contributed by atoms with Crippen molar-refractivity contribution in [3.05, 3.63) is 94.3 Å². The molecule has 2 N–H and O–H groups in total. The van der Waals surface area contributed by atoms with Crippen LogP contribution in [0.3, 0.4) is 0 Å². The molecule has 8 heteroatoms. The van der Waals surface area contributed by atoms with Gasteiger partial charge >= 0.3 is 0 Å². The minimum absolute atomic E-state index is 0.139. The van der Waals surface area contributed by atoms with Gasteiger partial charge in [-0.25, -0.2) is 4.98 Å². The largest absolute Gasteiger partial charge is 0.326 e. The van der Waals surface area contributed by atoms with E-state index in [2.05, 4.69) is 10.6 Å². The number of thioether (sulfide) groups is 1. The Hall–Kier alpha value is -3.91. The number of nitrogens with zero attached hydrogens (tertiary/aromatic N) is 2. The lowest BCUT2D eigenvalue weighted by molar-refractivity contribution is -0.115. The van der Waals surface area contributed by atoms with Gasteiger partial charge in [0.1, 0.15) is 0 Å². The molecule has 0 radical (unpaired) electrons. The molecule has 0 saturated carbocycles. The van der Waals surface area contributed by atoms with Gasteiger partial charge in [0.05, 0.1) is 22.7 Å². The third-order valence-corrected chi connectivity index (χ3v) is 6.50. The second kappa shape index (κ2) is 10.6. The first-order chi connectivity index (χ1) is 16.8. The lowest BCUT2D eigenvalue weighted by Crippen LogP contribution is -2.27.